The lowest BCUT2D eigenvalue weighted by atomic mass is 10.1. The van der Waals surface area contributed by atoms with E-state index in [0.29, 0.717) is 6.54 Å². The minimum Gasteiger partial charge on any atom is -0.497 e. The van der Waals surface area contributed by atoms with Crippen LogP contribution in [-0.2, 0) is 13.1 Å². The first-order valence-corrected chi connectivity index (χ1v) is 7.41. The van der Waals surface area contributed by atoms with E-state index in [1.807, 2.05) is 18.2 Å². The Morgan fingerprint density at radius 2 is 2.20 bits per heavy atom. The molecule has 0 fully saturated rings. The topological polar surface area (TPSA) is 62.3 Å². The maximum absolute atomic E-state index is 5.93. The van der Waals surface area contributed by atoms with Crippen molar-refractivity contribution in [3.63, 3.8) is 0 Å². The molecular weight excluding hydrogens is 274 g/mol. The molecule has 0 spiro atoms. The van der Waals surface area contributed by atoms with Gasteiger partial charge in [-0.2, -0.15) is 0 Å². The van der Waals surface area contributed by atoms with Crippen molar-refractivity contribution >= 4 is 11.8 Å². The van der Waals surface area contributed by atoms with Gasteiger partial charge < -0.3 is 19.8 Å². The van der Waals surface area contributed by atoms with Crippen molar-refractivity contribution in [2.45, 2.75) is 18.2 Å². The first kappa shape index (κ1) is 13.3. The van der Waals surface area contributed by atoms with Crippen molar-refractivity contribution in [2.24, 2.45) is 5.73 Å². The van der Waals surface area contributed by atoms with E-state index in [0.717, 1.165) is 45.9 Å². The summed E-state index contributed by atoms with van der Waals surface area (Å²) in [6.07, 6.45) is 0. The first-order chi connectivity index (χ1) is 9.78. The highest BCUT2D eigenvalue weighted by Crippen LogP contribution is 2.38. The van der Waals surface area contributed by atoms with Crippen molar-refractivity contribution in [1.29, 1.82) is 0 Å². The van der Waals surface area contributed by atoms with Crippen LogP contribution in [0, 0.1) is 0 Å². The second-order valence-electron chi connectivity index (χ2n) is 4.46. The number of rotatable bonds is 4. The number of ether oxygens (including phenoxy) is 2. The van der Waals surface area contributed by atoms with Gasteiger partial charge >= 0.3 is 0 Å². The van der Waals surface area contributed by atoms with Crippen molar-refractivity contribution in [1.82, 2.24) is 9.55 Å². The van der Waals surface area contributed by atoms with E-state index >= 15 is 0 Å². The minimum atomic E-state index is 0.462. The summed E-state index contributed by atoms with van der Waals surface area (Å²) in [7, 11) is 3.31. The maximum Gasteiger partial charge on any atom is 0.168 e. The predicted octanol–water partition coefficient (Wildman–Crippen LogP) is 2.13. The molecule has 1 aromatic heterocycles. The van der Waals surface area contributed by atoms with Gasteiger partial charge in [0.2, 0.25) is 0 Å². The minimum absolute atomic E-state index is 0.462. The first-order valence-electron chi connectivity index (χ1n) is 6.43. The number of hydrogen-bond donors (Lipinski definition) is 1. The Labute approximate surface area is 122 Å². The number of fused-ring (bicyclic) bond motifs is 1. The monoisotopic (exact) mass is 291 g/mol. The van der Waals surface area contributed by atoms with Crippen LogP contribution in [0.2, 0.25) is 0 Å². The summed E-state index contributed by atoms with van der Waals surface area (Å²) in [5, 5.41) is 1.03. The summed E-state index contributed by atoms with van der Waals surface area (Å²) in [5.41, 5.74) is 8.80. The van der Waals surface area contributed by atoms with Crippen LogP contribution in [-0.4, -0.2) is 29.5 Å². The lowest BCUT2D eigenvalue weighted by Crippen LogP contribution is -2.07. The van der Waals surface area contributed by atoms with Gasteiger partial charge in [0.15, 0.2) is 5.16 Å². The summed E-state index contributed by atoms with van der Waals surface area (Å²) < 4.78 is 12.9. The zero-order chi connectivity index (χ0) is 14.1. The SMILES string of the molecule is COc1ccc(OC)c(-c2nc3n(c2CN)CCS3)c1. The van der Waals surface area contributed by atoms with Gasteiger partial charge in [0.1, 0.15) is 11.5 Å². The second kappa shape index (κ2) is 5.38. The molecule has 0 saturated carbocycles. The van der Waals surface area contributed by atoms with Crippen LogP contribution < -0.4 is 15.2 Å². The number of thioether (sulfide) groups is 1. The molecule has 1 aromatic carbocycles. The Bertz CT molecular complexity index is 640. The zero-order valence-corrected chi connectivity index (χ0v) is 12.4. The third-order valence-corrected chi connectivity index (χ3v) is 4.40. The summed E-state index contributed by atoms with van der Waals surface area (Å²) in [6.45, 7) is 1.43. The Morgan fingerprint density at radius 3 is 2.90 bits per heavy atom. The van der Waals surface area contributed by atoms with E-state index in [2.05, 4.69) is 4.57 Å². The third-order valence-electron chi connectivity index (χ3n) is 3.44. The maximum atomic E-state index is 5.93. The molecular formula is C14H17N3O2S. The van der Waals surface area contributed by atoms with Crippen molar-refractivity contribution in [2.75, 3.05) is 20.0 Å². The van der Waals surface area contributed by atoms with Gasteiger partial charge in [-0.25, -0.2) is 4.98 Å². The molecule has 5 nitrogen and oxygen atoms in total. The molecule has 6 heteroatoms. The number of imidazole rings is 1. The van der Waals surface area contributed by atoms with Gasteiger partial charge in [-0.15, -0.1) is 0 Å². The van der Waals surface area contributed by atoms with E-state index in [4.69, 9.17) is 20.2 Å². The highest BCUT2D eigenvalue weighted by atomic mass is 32.2. The van der Waals surface area contributed by atoms with E-state index < -0.39 is 0 Å². The summed E-state index contributed by atoms with van der Waals surface area (Å²) in [4.78, 5) is 4.73. The highest BCUT2D eigenvalue weighted by Gasteiger charge is 2.23. The quantitative estimate of drug-likeness (QED) is 0.935. The molecule has 0 unspecified atom stereocenters. The molecule has 2 N–H and O–H groups in total. The molecule has 1 aliphatic heterocycles. The largest absolute Gasteiger partial charge is 0.497 e. The predicted molar refractivity (Wildman–Crippen MR) is 79.4 cm³/mol. The number of benzene rings is 1. The molecule has 106 valence electrons. The van der Waals surface area contributed by atoms with Crippen LogP contribution in [0.1, 0.15) is 5.69 Å². The summed E-state index contributed by atoms with van der Waals surface area (Å²) in [5.74, 6) is 2.62. The van der Waals surface area contributed by atoms with Gasteiger partial charge in [0.25, 0.3) is 0 Å². The number of hydrogen-bond acceptors (Lipinski definition) is 5. The van der Waals surface area contributed by atoms with Gasteiger partial charge in [-0.05, 0) is 18.2 Å². The smallest absolute Gasteiger partial charge is 0.168 e. The van der Waals surface area contributed by atoms with Gasteiger partial charge in [0, 0.05) is 24.4 Å². The Kier molecular flexibility index (Phi) is 3.58. The van der Waals surface area contributed by atoms with Gasteiger partial charge in [0.05, 0.1) is 25.6 Å². The number of methoxy groups -OCH3 is 2. The Hall–Kier alpha value is -1.66. The molecule has 1 aliphatic rings. The average Bonchev–Trinajstić information content (AvgIpc) is 3.06. The molecule has 2 aromatic rings. The summed E-state index contributed by atoms with van der Waals surface area (Å²) in [6, 6.07) is 5.72. The van der Waals surface area contributed by atoms with Crippen molar-refractivity contribution in [3.05, 3.63) is 23.9 Å². The zero-order valence-electron chi connectivity index (χ0n) is 11.5. The van der Waals surface area contributed by atoms with E-state index in [-0.39, 0.29) is 0 Å². The fraction of sp³-hybridized carbons (Fsp3) is 0.357. The fourth-order valence-corrected chi connectivity index (χ4v) is 3.42. The molecule has 0 radical (unpaired) electrons. The van der Waals surface area contributed by atoms with Crippen LogP contribution in [0.15, 0.2) is 23.4 Å². The Morgan fingerprint density at radius 1 is 1.35 bits per heavy atom. The third kappa shape index (κ3) is 2.05. The number of aromatic nitrogens is 2. The van der Waals surface area contributed by atoms with Gasteiger partial charge in [-0.3, -0.25) is 0 Å². The molecule has 0 bridgehead atoms. The van der Waals surface area contributed by atoms with Crippen LogP contribution in [0.4, 0.5) is 0 Å². The normalized spacial score (nSPS) is 13.3. The second-order valence-corrected chi connectivity index (χ2v) is 5.52. The van der Waals surface area contributed by atoms with Crippen LogP contribution >= 0.6 is 11.8 Å². The molecule has 0 amide bonds. The van der Waals surface area contributed by atoms with Crippen molar-refractivity contribution in [3.8, 4) is 22.8 Å². The average molecular weight is 291 g/mol. The molecule has 0 atom stereocenters. The number of nitrogens with zero attached hydrogens (tertiary/aromatic N) is 2. The van der Waals surface area contributed by atoms with E-state index in [1.165, 1.54) is 0 Å². The molecule has 3 rings (SSSR count). The number of nitrogens with two attached hydrogens (primary N) is 1. The van der Waals surface area contributed by atoms with E-state index in [9.17, 15) is 0 Å². The van der Waals surface area contributed by atoms with Gasteiger partial charge in [-0.1, -0.05) is 11.8 Å². The Balaban J connectivity index is 2.17. The lowest BCUT2D eigenvalue weighted by molar-refractivity contribution is 0.404. The molecule has 20 heavy (non-hydrogen) atoms. The molecule has 0 saturated heterocycles. The fourth-order valence-electron chi connectivity index (χ4n) is 2.45. The molecule has 2 heterocycles. The standard InChI is InChI=1S/C14H17N3O2S/c1-18-9-3-4-12(19-2)10(7-9)13-11(8-15)17-5-6-20-14(17)16-13/h3-4,7H,5-6,8,15H2,1-2H3. The van der Waals surface area contributed by atoms with Crippen LogP contribution in [0.5, 0.6) is 11.5 Å². The highest BCUT2D eigenvalue weighted by molar-refractivity contribution is 7.99. The summed E-state index contributed by atoms with van der Waals surface area (Å²) >= 11 is 1.76. The van der Waals surface area contributed by atoms with Crippen LogP contribution in [0.3, 0.4) is 0 Å². The van der Waals surface area contributed by atoms with E-state index in [1.54, 1.807) is 26.0 Å². The lowest BCUT2D eigenvalue weighted by Gasteiger charge is -2.11. The van der Waals surface area contributed by atoms with Crippen molar-refractivity contribution < 1.29 is 9.47 Å². The molecule has 0 aliphatic carbocycles. The van der Waals surface area contributed by atoms with Crippen LogP contribution in [0.25, 0.3) is 11.3 Å².